The molecule has 430 valence electrons. The van der Waals surface area contributed by atoms with Crippen LogP contribution >= 0.6 is 15.9 Å². The van der Waals surface area contributed by atoms with E-state index in [1.807, 2.05) is 149 Å². The summed E-state index contributed by atoms with van der Waals surface area (Å²) >= 11 is 3.59. The van der Waals surface area contributed by atoms with Gasteiger partial charge in [0.15, 0.2) is 23.0 Å². The van der Waals surface area contributed by atoms with Crippen molar-refractivity contribution >= 4 is 39.9 Å². The highest BCUT2D eigenvalue weighted by Crippen LogP contribution is 2.39. The normalized spacial score (nSPS) is 16.0. The molecule has 0 spiro atoms. The zero-order valence-electron chi connectivity index (χ0n) is 49.1. The topological polar surface area (TPSA) is 155 Å². The summed E-state index contributed by atoms with van der Waals surface area (Å²) in [5, 5.41) is 0. The number of hydrogen-bond acceptors (Lipinski definition) is 12. The van der Waals surface area contributed by atoms with Crippen LogP contribution in [0.25, 0.3) is 11.1 Å². The van der Waals surface area contributed by atoms with E-state index in [0.717, 1.165) is 43.2 Å². The van der Waals surface area contributed by atoms with Gasteiger partial charge in [0.2, 0.25) is 0 Å². The highest BCUT2D eigenvalue weighted by atomic mass is 79.9. The van der Waals surface area contributed by atoms with Gasteiger partial charge in [0.05, 0.1) is 48.6 Å². The first kappa shape index (κ1) is 64.3. The molecular weight excluding hydrogens is 1050 g/mol. The maximum Gasteiger partial charge on any atom is 0.410 e. The van der Waals surface area contributed by atoms with Crippen molar-refractivity contribution in [1.82, 2.24) is 19.6 Å². The van der Waals surface area contributed by atoms with Crippen LogP contribution in [-0.2, 0) is 18.9 Å². The molecule has 77 heavy (non-hydrogen) atoms. The lowest BCUT2D eigenvalue weighted by Gasteiger charge is -2.42. The molecule has 0 saturated carbocycles. The molecule has 0 aromatic heterocycles. The molecule has 2 aliphatic heterocycles. The average Bonchev–Trinajstić information content (AvgIpc) is 3.34. The second-order valence-corrected chi connectivity index (χ2v) is 23.6. The molecule has 0 radical (unpaired) electrons. The van der Waals surface area contributed by atoms with Crippen LogP contribution in [0.1, 0.15) is 156 Å². The number of halogens is 1. The summed E-state index contributed by atoms with van der Waals surface area (Å²) in [6, 6.07) is 16.7. The van der Waals surface area contributed by atoms with Crippen molar-refractivity contribution < 1.29 is 57.1 Å². The van der Waals surface area contributed by atoms with E-state index in [2.05, 4.69) is 15.9 Å². The van der Waals surface area contributed by atoms with Gasteiger partial charge in [-0.25, -0.2) is 9.59 Å². The number of ether oxygens (including phenoxy) is 8. The van der Waals surface area contributed by atoms with E-state index >= 15 is 0 Å². The Morgan fingerprint density at radius 1 is 0.584 bits per heavy atom. The van der Waals surface area contributed by atoms with Crippen molar-refractivity contribution in [1.29, 1.82) is 0 Å². The molecule has 5 rings (SSSR count). The fourth-order valence-corrected chi connectivity index (χ4v) is 9.74. The van der Waals surface area contributed by atoms with Gasteiger partial charge in [-0.1, -0.05) is 30.3 Å². The SMILES string of the molecule is COCCCOc1cc(C(=O)N(C(C)C)[C@@H]2CCCN(C(=O)OC(C)(C)C)C2)c(-c2ccccc2)cc1OC(C)C.COCCCOc1cc(C(=O)N(C(C)C)[C@@H]2CCCN(C(=O)OC(C)(C)C)C2)c(Br)cc1OC(C)C. The van der Waals surface area contributed by atoms with Gasteiger partial charge in [-0.2, -0.15) is 0 Å². The molecule has 17 heteroatoms. The van der Waals surface area contributed by atoms with Crippen LogP contribution in [0, 0.1) is 0 Å². The molecule has 0 aliphatic carbocycles. The number of piperidine rings is 2. The molecule has 4 amide bonds. The first-order chi connectivity index (χ1) is 36.2. The number of likely N-dealkylation sites (tertiary alicyclic amines) is 2. The van der Waals surface area contributed by atoms with Gasteiger partial charge < -0.3 is 57.5 Å². The van der Waals surface area contributed by atoms with Gasteiger partial charge in [0, 0.05) is 83.0 Å². The van der Waals surface area contributed by atoms with Crippen molar-refractivity contribution in [2.75, 3.05) is 66.8 Å². The monoisotopic (exact) mass is 1140 g/mol. The minimum Gasteiger partial charge on any atom is -0.490 e. The van der Waals surface area contributed by atoms with Crippen LogP contribution in [-0.4, -0.2) is 158 Å². The van der Waals surface area contributed by atoms with Crippen LogP contribution in [0.15, 0.2) is 59.1 Å². The lowest BCUT2D eigenvalue weighted by molar-refractivity contribution is 0.00724. The lowest BCUT2D eigenvalue weighted by atomic mass is 9.95. The first-order valence-electron chi connectivity index (χ1n) is 27.5. The van der Waals surface area contributed by atoms with Crippen LogP contribution in [0.2, 0.25) is 0 Å². The molecular formula is C60H91BrN4O12. The number of carbonyl (C=O) groups is 4. The average molecular weight is 1140 g/mol. The number of rotatable bonds is 21. The van der Waals surface area contributed by atoms with E-state index < -0.39 is 11.2 Å². The fourth-order valence-electron chi connectivity index (χ4n) is 9.25. The number of benzene rings is 3. The Balaban J connectivity index is 0.000000336. The van der Waals surface area contributed by atoms with Crippen LogP contribution in [0.5, 0.6) is 23.0 Å². The van der Waals surface area contributed by atoms with Crippen molar-refractivity contribution in [3.8, 4) is 34.1 Å². The van der Waals surface area contributed by atoms with Crippen molar-refractivity contribution in [3.05, 3.63) is 70.2 Å². The number of hydrogen-bond donors (Lipinski definition) is 0. The van der Waals surface area contributed by atoms with Gasteiger partial charge in [0.25, 0.3) is 11.8 Å². The largest absolute Gasteiger partial charge is 0.490 e. The van der Waals surface area contributed by atoms with Crippen LogP contribution in [0.3, 0.4) is 0 Å². The molecule has 2 saturated heterocycles. The Bertz CT molecular complexity index is 2350. The predicted octanol–water partition coefficient (Wildman–Crippen LogP) is 12.7. The van der Waals surface area contributed by atoms with Crippen molar-refractivity contribution in [2.45, 2.75) is 183 Å². The Morgan fingerprint density at radius 2 is 1.00 bits per heavy atom. The van der Waals surface area contributed by atoms with E-state index in [1.54, 1.807) is 36.2 Å². The van der Waals surface area contributed by atoms with Gasteiger partial charge in [-0.3, -0.25) is 9.59 Å². The van der Waals surface area contributed by atoms with Crippen molar-refractivity contribution in [3.63, 3.8) is 0 Å². The summed E-state index contributed by atoms with van der Waals surface area (Å²) in [4.78, 5) is 61.3. The molecule has 3 aromatic carbocycles. The third kappa shape index (κ3) is 20.2. The summed E-state index contributed by atoms with van der Waals surface area (Å²) in [5.74, 6) is 2.00. The summed E-state index contributed by atoms with van der Waals surface area (Å²) < 4.78 is 46.4. The van der Waals surface area contributed by atoms with Crippen LogP contribution in [0.4, 0.5) is 9.59 Å². The van der Waals surface area contributed by atoms with Crippen LogP contribution < -0.4 is 18.9 Å². The van der Waals surface area contributed by atoms with E-state index in [-0.39, 0.29) is 60.4 Å². The Kier molecular flexibility index (Phi) is 25.2. The molecule has 2 heterocycles. The van der Waals surface area contributed by atoms with Gasteiger partial charge in [-0.15, -0.1) is 0 Å². The molecule has 16 nitrogen and oxygen atoms in total. The Morgan fingerprint density at radius 3 is 1.40 bits per heavy atom. The number of nitrogens with zero attached hydrogens (tertiary/aromatic N) is 4. The summed E-state index contributed by atoms with van der Waals surface area (Å²) in [6.07, 6.45) is 3.84. The third-order valence-corrected chi connectivity index (χ3v) is 13.0. The third-order valence-electron chi connectivity index (χ3n) is 12.4. The summed E-state index contributed by atoms with van der Waals surface area (Å²) in [6.45, 7) is 31.1. The predicted molar refractivity (Wildman–Crippen MR) is 306 cm³/mol. The maximum absolute atomic E-state index is 14.5. The number of amides is 4. The van der Waals surface area contributed by atoms with E-state index in [4.69, 9.17) is 37.9 Å². The zero-order chi connectivity index (χ0) is 57.2. The van der Waals surface area contributed by atoms with E-state index in [9.17, 15) is 19.2 Å². The second kappa shape index (κ2) is 30.2. The molecule has 2 fully saturated rings. The standard InChI is InChI=1S/C33H48N2O6.C27H43BrN2O6/c1-23(2)35(26-16-12-17-34(22-26)32(37)41-33(5,6)7)31(36)28-21-29(39-19-13-18-38-8)30(40-24(3)4)20-27(28)25-14-10-9-11-15-25;1-18(2)30(20-11-9-12-29(17-20)26(32)36-27(5,6)7)25(31)21-15-23(34-14-10-13-33-8)24(16-22(21)28)35-19(3)4/h9-11,14-15,20-21,23-24,26H,12-13,16-19,22H2,1-8H3;15-16,18-20H,9-14,17H2,1-8H3/t26-;20-/m11/s1. The zero-order valence-corrected chi connectivity index (χ0v) is 50.7. The summed E-state index contributed by atoms with van der Waals surface area (Å²) in [5.41, 5.74) is 1.58. The maximum atomic E-state index is 14.5. The van der Waals surface area contributed by atoms with Gasteiger partial charge >= 0.3 is 12.2 Å². The van der Waals surface area contributed by atoms with E-state index in [1.165, 1.54) is 0 Å². The highest BCUT2D eigenvalue weighted by Gasteiger charge is 2.37. The summed E-state index contributed by atoms with van der Waals surface area (Å²) in [7, 11) is 3.31. The minimum atomic E-state index is -0.582. The van der Waals surface area contributed by atoms with E-state index in [0.29, 0.717) is 97.6 Å². The second-order valence-electron chi connectivity index (χ2n) is 22.8. The molecule has 0 bridgehead atoms. The molecule has 3 aromatic rings. The minimum absolute atomic E-state index is 0.0481. The molecule has 2 aliphatic rings. The van der Waals surface area contributed by atoms with Crippen molar-refractivity contribution in [2.24, 2.45) is 0 Å². The molecule has 2 atom stereocenters. The lowest BCUT2D eigenvalue weighted by Crippen LogP contribution is -2.54. The van der Waals surface area contributed by atoms with Gasteiger partial charge in [0.1, 0.15) is 11.2 Å². The molecule has 0 unspecified atom stereocenters. The van der Waals surface area contributed by atoms with Gasteiger partial charge in [-0.05, 0) is 174 Å². The molecule has 0 N–H and O–H groups in total. The number of methoxy groups -OCH3 is 2. The smallest absolute Gasteiger partial charge is 0.410 e. The number of carbonyl (C=O) groups excluding carboxylic acids is 4. The quantitative estimate of drug-likeness (QED) is 0.0932. The Labute approximate surface area is 468 Å². The Hall–Kier alpha value is -5.26. The fraction of sp³-hybridized carbons (Fsp3) is 0.633. The highest BCUT2D eigenvalue weighted by molar-refractivity contribution is 9.10. The first-order valence-corrected chi connectivity index (χ1v) is 28.3.